The van der Waals surface area contributed by atoms with E-state index < -0.39 is 10.0 Å². The predicted molar refractivity (Wildman–Crippen MR) is 114 cm³/mol. The van der Waals surface area contributed by atoms with E-state index in [2.05, 4.69) is 18.3 Å². The summed E-state index contributed by atoms with van der Waals surface area (Å²) < 4.78 is 34.1. The van der Waals surface area contributed by atoms with Crippen molar-refractivity contribution in [3.8, 4) is 11.5 Å². The molecule has 0 unspecified atom stereocenters. The van der Waals surface area contributed by atoms with E-state index in [0.717, 1.165) is 16.8 Å². The van der Waals surface area contributed by atoms with Gasteiger partial charge in [-0.15, -0.1) is 0 Å². The SMILES string of the molecule is COc1cc(CNc2ccc(S(N)(=O)=O)cc2)ccc1OCc1ccccc1C. The first-order valence-corrected chi connectivity index (χ1v) is 10.6. The lowest BCUT2D eigenvalue weighted by Gasteiger charge is -2.14. The summed E-state index contributed by atoms with van der Waals surface area (Å²) in [6.45, 7) is 3.07. The summed E-state index contributed by atoms with van der Waals surface area (Å²) in [6.07, 6.45) is 0. The van der Waals surface area contributed by atoms with E-state index in [-0.39, 0.29) is 4.90 Å². The first-order valence-electron chi connectivity index (χ1n) is 9.08. The van der Waals surface area contributed by atoms with Gasteiger partial charge < -0.3 is 14.8 Å². The van der Waals surface area contributed by atoms with Crippen LogP contribution in [-0.2, 0) is 23.2 Å². The van der Waals surface area contributed by atoms with Crippen molar-refractivity contribution in [2.75, 3.05) is 12.4 Å². The lowest BCUT2D eigenvalue weighted by molar-refractivity contribution is 0.283. The molecule has 7 heteroatoms. The number of rotatable bonds is 8. The maximum absolute atomic E-state index is 11.3. The van der Waals surface area contributed by atoms with E-state index in [0.29, 0.717) is 24.7 Å². The summed E-state index contributed by atoms with van der Waals surface area (Å²) in [4.78, 5) is 0.0832. The topological polar surface area (TPSA) is 90.6 Å². The van der Waals surface area contributed by atoms with Crippen LogP contribution in [0.15, 0.2) is 71.6 Å². The number of nitrogens with two attached hydrogens (primary N) is 1. The molecule has 0 saturated heterocycles. The van der Waals surface area contributed by atoms with Crippen molar-refractivity contribution in [3.63, 3.8) is 0 Å². The fourth-order valence-electron chi connectivity index (χ4n) is 2.84. The Kier molecular flexibility index (Phi) is 6.41. The van der Waals surface area contributed by atoms with Gasteiger partial charge in [0.15, 0.2) is 11.5 Å². The fraction of sp³-hybridized carbons (Fsp3) is 0.182. The third-order valence-electron chi connectivity index (χ3n) is 4.55. The zero-order chi connectivity index (χ0) is 20.9. The van der Waals surface area contributed by atoms with Gasteiger partial charge in [0, 0.05) is 12.2 Å². The van der Waals surface area contributed by atoms with Gasteiger partial charge in [0.2, 0.25) is 10.0 Å². The maximum Gasteiger partial charge on any atom is 0.238 e. The molecule has 3 aromatic rings. The number of benzene rings is 3. The highest BCUT2D eigenvalue weighted by Gasteiger charge is 2.09. The molecule has 0 bridgehead atoms. The van der Waals surface area contributed by atoms with Crippen molar-refractivity contribution in [2.45, 2.75) is 25.0 Å². The minimum absolute atomic E-state index is 0.0832. The molecule has 0 radical (unpaired) electrons. The summed E-state index contributed by atoms with van der Waals surface area (Å²) in [5.41, 5.74) is 4.10. The molecular weight excluding hydrogens is 388 g/mol. The number of sulfonamides is 1. The predicted octanol–water partition coefficient (Wildman–Crippen LogP) is 3.84. The molecule has 0 aliphatic carbocycles. The minimum atomic E-state index is -3.69. The third kappa shape index (κ3) is 5.49. The number of anilines is 1. The largest absolute Gasteiger partial charge is 0.493 e. The zero-order valence-corrected chi connectivity index (χ0v) is 17.2. The van der Waals surface area contributed by atoms with Crippen LogP contribution in [0.2, 0.25) is 0 Å². The summed E-state index contributed by atoms with van der Waals surface area (Å²) in [5, 5.41) is 8.36. The molecule has 3 rings (SSSR count). The summed E-state index contributed by atoms with van der Waals surface area (Å²) in [6, 6.07) is 20.2. The first kappa shape index (κ1) is 20.7. The second-order valence-corrected chi connectivity index (χ2v) is 8.18. The normalized spacial score (nSPS) is 11.1. The number of hydrogen-bond donors (Lipinski definition) is 2. The van der Waals surface area contributed by atoms with Crippen LogP contribution in [0.4, 0.5) is 5.69 Å². The van der Waals surface area contributed by atoms with E-state index >= 15 is 0 Å². The molecule has 3 aromatic carbocycles. The van der Waals surface area contributed by atoms with Gasteiger partial charge in [0.25, 0.3) is 0 Å². The Morgan fingerprint density at radius 1 is 0.966 bits per heavy atom. The molecule has 3 N–H and O–H groups in total. The molecule has 0 amide bonds. The molecule has 29 heavy (non-hydrogen) atoms. The molecule has 0 heterocycles. The third-order valence-corrected chi connectivity index (χ3v) is 5.48. The molecule has 0 fully saturated rings. The van der Waals surface area contributed by atoms with E-state index in [4.69, 9.17) is 14.6 Å². The van der Waals surface area contributed by atoms with Crippen molar-refractivity contribution < 1.29 is 17.9 Å². The Bertz CT molecular complexity index is 1080. The van der Waals surface area contributed by atoms with Crippen LogP contribution in [0.1, 0.15) is 16.7 Å². The molecule has 152 valence electrons. The van der Waals surface area contributed by atoms with Gasteiger partial charge in [0.05, 0.1) is 12.0 Å². The first-order chi connectivity index (χ1) is 13.9. The van der Waals surface area contributed by atoms with Crippen molar-refractivity contribution in [1.29, 1.82) is 0 Å². The standard InChI is InChI=1S/C22H24N2O4S/c1-16-5-3-4-6-18(16)15-28-21-12-7-17(13-22(21)27-2)14-24-19-8-10-20(11-9-19)29(23,25)26/h3-13,24H,14-15H2,1-2H3,(H2,23,25,26). The Balaban J connectivity index is 1.64. The lowest BCUT2D eigenvalue weighted by Crippen LogP contribution is -2.12. The molecule has 0 aliphatic heterocycles. The summed E-state index contributed by atoms with van der Waals surface area (Å²) in [5.74, 6) is 1.33. The Hall–Kier alpha value is -3.03. The van der Waals surface area contributed by atoms with E-state index in [1.165, 1.54) is 17.7 Å². The van der Waals surface area contributed by atoms with E-state index in [9.17, 15) is 8.42 Å². The van der Waals surface area contributed by atoms with Gasteiger partial charge >= 0.3 is 0 Å². The van der Waals surface area contributed by atoms with Crippen LogP contribution >= 0.6 is 0 Å². The quantitative estimate of drug-likeness (QED) is 0.587. The highest BCUT2D eigenvalue weighted by Crippen LogP contribution is 2.29. The van der Waals surface area contributed by atoms with Crippen LogP contribution < -0.4 is 19.9 Å². The molecular formula is C22H24N2O4S. The van der Waals surface area contributed by atoms with Gasteiger partial charge in [-0.05, 0) is 60.0 Å². The lowest BCUT2D eigenvalue weighted by atomic mass is 10.1. The van der Waals surface area contributed by atoms with E-state index in [1.807, 2.05) is 36.4 Å². The molecule has 0 aromatic heterocycles. The highest BCUT2D eigenvalue weighted by atomic mass is 32.2. The van der Waals surface area contributed by atoms with Crippen molar-refractivity contribution in [3.05, 3.63) is 83.4 Å². The van der Waals surface area contributed by atoms with Gasteiger partial charge in [-0.3, -0.25) is 0 Å². The number of aryl methyl sites for hydroxylation is 1. The van der Waals surface area contributed by atoms with Crippen molar-refractivity contribution in [2.24, 2.45) is 5.14 Å². The summed E-state index contributed by atoms with van der Waals surface area (Å²) in [7, 11) is -2.08. The molecule has 0 atom stereocenters. The number of primary sulfonamides is 1. The summed E-state index contributed by atoms with van der Waals surface area (Å²) >= 11 is 0. The van der Waals surface area contributed by atoms with Crippen molar-refractivity contribution >= 4 is 15.7 Å². The molecule has 0 spiro atoms. The van der Waals surface area contributed by atoms with E-state index in [1.54, 1.807) is 19.2 Å². The number of hydrogen-bond acceptors (Lipinski definition) is 5. The van der Waals surface area contributed by atoms with Gasteiger partial charge in [-0.1, -0.05) is 30.3 Å². The maximum atomic E-state index is 11.3. The minimum Gasteiger partial charge on any atom is -0.493 e. The van der Waals surface area contributed by atoms with Crippen LogP contribution in [0, 0.1) is 6.92 Å². The monoisotopic (exact) mass is 412 g/mol. The molecule has 0 saturated carbocycles. The van der Waals surface area contributed by atoms with Crippen LogP contribution in [0.25, 0.3) is 0 Å². The number of methoxy groups -OCH3 is 1. The van der Waals surface area contributed by atoms with Crippen molar-refractivity contribution in [1.82, 2.24) is 0 Å². The van der Waals surface area contributed by atoms with Gasteiger partial charge in [-0.25, -0.2) is 13.6 Å². The Morgan fingerprint density at radius 3 is 2.34 bits per heavy atom. The fourth-order valence-corrected chi connectivity index (χ4v) is 3.35. The molecule has 0 aliphatic rings. The highest BCUT2D eigenvalue weighted by molar-refractivity contribution is 7.89. The van der Waals surface area contributed by atoms with Gasteiger partial charge in [0.1, 0.15) is 6.61 Å². The second kappa shape index (κ2) is 8.98. The second-order valence-electron chi connectivity index (χ2n) is 6.62. The van der Waals surface area contributed by atoms with Crippen LogP contribution in [0.3, 0.4) is 0 Å². The average Bonchev–Trinajstić information content (AvgIpc) is 2.71. The average molecular weight is 413 g/mol. The molecule has 6 nitrogen and oxygen atoms in total. The van der Waals surface area contributed by atoms with Gasteiger partial charge in [-0.2, -0.15) is 0 Å². The smallest absolute Gasteiger partial charge is 0.238 e. The zero-order valence-electron chi connectivity index (χ0n) is 16.4. The Labute approximate surface area is 171 Å². The number of ether oxygens (including phenoxy) is 2. The van der Waals surface area contributed by atoms with Crippen LogP contribution in [-0.4, -0.2) is 15.5 Å². The number of nitrogens with one attached hydrogen (secondary N) is 1. The van der Waals surface area contributed by atoms with Crippen LogP contribution in [0.5, 0.6) is 11.5 Å². The Morgan fingerprint density at radius 2 is 1.69 bits per heavy atom.